The first-order valence-electron chi connectivity index (χ1n) is 8.57. The summed E-state index contributed by atoms with van der Waals surface area (Å²) in [5.74, 6) is -1.35. The smallest absolute Gasteiger partial charge is 0.409 e. The fourth-order valence-electron chi connectivity index (χ4n) is 3.07. The van der Waals surface area contributed by atoms with Gasteiger partial charge in [-0.1, -0.05) is 11.6 Å². The molecule has 0 fully saturated rings. The first kappa shape index (κ1) is 21.5. The summed E-state index contributed by atoms with van der Waals surface area (Å²) in [6, 6.07) is 3.50. The normalized spacial score (nSPS) is 12.7. The Balaban J connectivity index is 1.97. The van der Waals surface area contributed by atoms with E-state index in [1.807, 2.05) is 0 Å². The Kier molecular flexibility index (Phi) is 6.22. The molecule has 3 rings (SSSR count). The molecule has 158 valence electrons. The number of esters is 1. The summed E-state index contributed by atoms with van der Waals surface area (Å²) in [4.78, 5) is 49.5. The van der Waals surface area contributed by atoms with Crippen molar-refractivity contribution >= 4 is 51.6 Å². The number of rotatable bonds is 4. The average Bonchev–Trinajstić information content (AvgIpc) is 3.09. The Hall–Kier alpha value is -3.18. The standard InChI is InChI=1S/C18H16ClN3O7S/c1-28-17(24)14-10-5-6-21(18(25)29-2)8-13(10)30-16(14)20-15(23)11-7-9(22(26)27)3-4-12(11)19/h3-4,7H,5-6,8H2,1-2H3,(H,20,23). The number of carbonyl (C=O) groups is 3. The number of nitro groups is 1. The van der Waals surface area contributed by atoms with E-state index in [0.717, 1.165) is 17.4 Å². The minimum atomic E-state index is -0.711. The summed E-state index contributed by atoms with van der Waals surface area (Å²) in [5, 5.41) is 13.8. The maximum atomic E-state index is 12.8. The van der Waals surface area contributed by atoms with Crippen LogP contribution in [-0.4, -0.2) is 48.6 Å². The van der Waals surface area contributed by atoms with Gasteiger partial charge in [-0.05, 0) is 18.1 Å². The van der Waals surface area contributed by atoms with Crippen molar-refractivity contribution in [3.63, 3.8) is 0 Å². The van der Waals surface area contributed by atoms with E-state index in [0.29, 0.717) is 23.4 Å². The molecule has 12 heteroatoms. The third kappa shape index (κ3) is 4.07. The predicted octanol–water partition coefficient (Wildman–Crippen LogP) is 3.47. The first-order valence-corrected chi connectivity index (χ1v) is 9.77. The van der Waals surface area contributed by atoms with Gasteiger partial charge in [-0.3, -0.25) is 14.9 Å². The maximum Gasteiger partial charge on any atom is 0.409 e. The Bertz CT molecular complexity index is 1050. The molecule has 0 aliphatic carbocycles. The number of methoxy groups -OCH3 is 2. The lowest BCUT2D eigenvalue weighted by molar-refractivity contribution is -0.384. The number of nitro benzene ring substituents is 1. The minimum absolute atomic E-state index is 0.0240. The number of fused-ring (bicyclic) bond motifs is 1. The van der Waals surface area contributed by atoms with Gasteiger partial charge in [0.25, 0.3) is 11.6 Å². The molecular formula is C18H16ClN3O7S. The van der Waals surface area contributed by atoms with E-state index in [1.54, 1.807) is 0 Å². The number of nitrogens with one attached hydrogen (secondary N) is 1. The highest BCUT2D eigenvalue weighted by molar-refractivity contribution is 7.17. The average molecular weight is 454 g/mol. The SMILES string of the molecule is COC(=O)c1c(NC(=O)c2cc([N+](=O)[O-])ccc2Cl)sc2c1CCN(C(=O)OC)C2. The third-order valence-corrected chi connectivity index (χ3v) is 5.97. The summed E-state index contributed by atoms with van der Waals surface area (Å²) in [6.07, 6.45) is -0.124. The van der Waals surface area contributed by atoms with Crippen LogP contribution in [0.3, 0.4) is 0 Å². The number of hydrogen-bond acceptors (Lipinski definition) is 8. The van der Waals surface area contributed by atoms with Crippen molar-refractivity contribution in [2.45, 2.75) is 13.0 Å². The van der Waals surface area contributed by atoms with Crippen molar-refractivity contribution in [1.82, 2.24) is 4.90 Å². The van der Waals surface area contributed by atoms with Gasteiger partial charge in [0.1, 0.15) is 5.00 Å². The van der Waals surface area contributed by atoms with Gasteiger partial charge in [-0.25, -0.2) is 9.59 Å². The third-order valence-electron chi connectivity index (χ3n) is 4.51. The van der Waals surface area contributed by atoms with Crippen LogP contribution in [0.1, 0.15) is 31.2 Å². The molecule has 1 N–H and O–H groups in total. The number of hydrogen-bond donors (Lipinski definition) is 1. The maximum absolute atomic E-state index is 12.8. The van der Waals surface area contributed by atoms with Gasteiger partial charge >= 0.3 is 12.1 Å². The van der Waals surface area contributed by atoms with Crippen molar-refractivity contribution in [2.24, 2.45) is 0 Å². The number of nitrogens with zero attached hydrogens (tertiary/aromatic N) is 2. The molecule has 1 aromatic carbocycles. The Labute approximate surface area is 179 Å². The summed E-state index contributed by atoms with van der Waals surface area (Å²) in [7, 11) is 2.50. The highest BCUT2D eigenvalue weighted by Gasteiger charge is 2.31. The summed E-state index contributed by atoms with van der Waals surface area (Å²) < 4.78 is 9.59. The van der Waals surface area contributed by atoms with Crippen LogP contribution in [0.5, 0.6) is 0 Å². The zero-order chi connectivity index (χ0) is 22.0. The molecule has 2 amide bonds. The Morgan fingerprint density at radius 3 is 2.63 bits per heavy atom. The molecule has 0 saturated heterocycles. The molecule has 0 bridgehead atoms. The van der Waals surface area contributed by atoms with Crippen molar-refractivity contribution in [3.8, 4) is 0 Å². The van der Waals surface area contributed by atoms with E-state index in [2.05, 4.69) is 5.32 Å². The summed E-state index contributed by atoms with van der Waals surface area (Å²) in [5.41, 5.74) is 0.463. The van der Waals surface area contributed by atoms with Crippen LogP contribution in [-0.2, 0) is 22.4 Å². The number of thiophene rings is 1. The van der Waals surface area contributed by atoms with Gasteiger partial charge in [0.05, 0.1) is 41.8 Å². The van der Waals surface area contributed by atoms with Crippen LogP contribution < -0.4 is 5.32 Å². The van der Waals surface area contributed by atoms with E-state index < -0.39 is 22.9 Å². The van der Waals surface area contributed by atoms with Crippen molar-refractivity contribution in [1.29, 1.82) is 0 Å². The molecule has 0 radical (unpaired) electrons. The lowest BCUT2D eigenvalue weighted by atomic mass is 10.0. The quantitative estimate of drug-likeness (QED) is 0.426. The fourth-order valence-corrected chi connectivity index (χ4v) is 4.52. The van der Waals surface area contributed by atoms with Crippen LogP contribution in [0.25, 0.3) is 0 Å². The largest absolute Gasteiger partial charge is 0.465 e. The monoisotopic (exact) mass is 453 g/mol. The molecule has 10 nitrogen and oxygen atoms in total. The number of carbonyl (C=O) groups excluding carboxylic acids is 3. The van der Waals surface area contributed by atoms with E-state index in [9.17, 15) is 24.5 Å². The van der Waals surface area contributed by atoms with Gasteiger partial charge in [-0.15, -0.1) is 11.3 Å². The lowest BCUT2D eigenvalue weighted by Gasteiger charge is -2.25. The van der Waals surface area contributed by atoms with Gasteiger partial charge in [0, 0.05) is 23.6 Å². The Morgan fingerprint density at radius 1 is 1.27 bits per heavy atom. The minimum Gasteiger partial charge on any atom is -0.465 e. The molecule has 2 heterocycles. The van der Waals surface area contributed by atoms with Crippen LogP contribution in [0.4, 0.5) is 15.5 Å². The van der Waals surface area contributed by atoms with Crippen LogP contribution in [0.15, 0.2) is 18.2 Å². The van der Waals surface area contributed by atoms with Crippen LogP contribution in [0.2, 0.25) is 5.02 Å². The Morgan fingerprint density at radius 2 is 2.00 bits per heavy atom. The van der Waals surface area contributed by atoms with E-state index in [4.69, 9.17) is 21.1 Å². The molecule has 1 aliphatic rings. The molecule has 0 unspecified atom stereocenters. The van der Waals surface area contributed by atoms with E-state index in [1.165, 1.54) is 31.3 Å². The number of non-ortho nitro benzene ring substituents is 1. The van der Waals surface area contributed by atoms with E-state index >= 15 is 0 Å². The van der Waals surface area contributed by atoms with Gasteiger partial charge in [0.2, 0.25) is 0 Å². The summed E-state index contributed by atoms with van der Waals surface area (Å²) in [6.45, 7) is 0.550. The number of benzene rings is 1. The van der Waals surface area contributed by atoms with Crippen molar-refractivity contribution < 1.29 is 28.8 Å². The fraction of sp³-hybridized carbons (Fsp3) is 0.278. The highest BCUT2D eigenvalue weighted by atomic mass is 35.5. The second-order valence-corrected chi connectivity index (χ2v) is 7.73. The molecule has 0 spiro atoms. The van der Waals surface area contributed by atoms with Gasteiger partial charge in [-0.2, -0.15) is 0 Å². The second kappa shape index (κ2) is 8.67. The van der Waals surface area contributed by atoms with Gasteiger partial charge < -0.3 is 19.7 Å². The predicted molar refractivity (Wildman–Crippen MR) is 108 cm³/mol. The zero-order valence-corrected chi connectivity index (χ0v) is 17.5. The summed E-state index contributed by atoms with van der Waals surface area (Å²) >= 11 is 7.15. The molecule has 1 aliphatic heterocycles. The van der Waals surface area contributed by atoms with Gasteiger partial charge in [0.15, 0.2) is 0 Å². The van der Waals surface area contributed by atoms with Crippen LogP contribution in [0, 0.1) is 10.1 Å². The molecule has 2 aromatic rings. The molecule has 30 heavy (non-hydrogen) atoms. The first-order chi connectivity index (χ1) is 14.3. The number of halogens is 1. The van der Waals surface area contributed by atoms with Crippen molar-refractivity contribution in [3.05, 3.63) is 54.9 Å². The molecular weight excluding hydrogens is 438 g/mol. The zero-order valence-electron chi connectivity index (χ0n) is 15.9. The molecule has 1 aromatic heterocycles. The number of amides is 2. The van der Waals surface area contributed by atoms with Crippen LogP contribution >= 0.6 is 22.9 Å². The number of ether oxygens (including phenoxy) is 2. The van der Waals surface area contributed by atoms with E-state index in [-0.39, 0.29) is 33.4 Å². The highest BCUT2D eigenvalue weighted by Crippen LogP contribution is 2.38. The lowest BCUT2D eigenvalue weighted by Crippen LogP contribution is -2.35. The molecule has 0 saturated carbocycles. The number of anilines is 1. The van der Waals surface area contributed by atoms with Crippen molar-refractivity contribution in [2.75, 3.05) is 26.1 Å². The second-order valence-electron chi connectivity index (χ2n) is 6.22. The topological polar surface area (TPSA) is 128 Å². The molecule has 0 atom stereocenters.